The zero-order valence-electron chi connectivity index (χ0n) is 11.7. The van der Waals surface area contributed by atoms with Crippen LogP contribution in [0.1, 0.15) is 32.1 Å². The summed E-state index contributed by atoms with van der Waals surface area (Å²) in [5, 5.41) is 0. The van der Waals surface area contributed by atoms with E-state index in [-0.39, 0.29) is 11.9 Å². The maximum atomic E-state index is 12.8. The van der Waals surface area contributed by atoms with E-state index in [0.29, 0.717) is 6.10 Å². The molecule has 1 saturated heterocycles. The summed E-state index contributed by atoms with van der Waals surface area (Å²) < 4.78 is 18.4. The Hall–Kier alpha value is -0.620. The van der Waals surface area contributed by atoms with Gasteiger partial charge in [0, 0.05) is 23.3 Å². The second-order valence-electron chi connectivity index (χ2n) is 5.19. The van der Waals surface area contributed by atoms with Gasteiger partial charge in [-0.1, -0.05) is 0 Å². The Bertz CT molecular complexity index is 382. The van der Waals surface area contributed by atoms with Crippen LogP contribution in [0.15, 0.2) is 29.2 Å². The second-order valence-corrected chi connectivity index (χ2v) is 6.29. The lowest BCUT2D eigenvalue weighted by Gasteiger charge is -2.16. The maximum Gasteiger partial charge on any atom is 0.123 e. The van der Waals surface area contributed by atoms with Crippen molar-refractivity contribution in [3.63, 3.8) is 0 Å². The molecule has 1 aromatic carbocycles. The molecule has 0 amide bonds. The van der Waals surface area contributed by atoms with Gasteiger partial charge >= 0.3 is 0 Å². The number of nitrogens with two attached hydrogens (primary N) is 1. The van der Waals surface area contributed by atoms with Crippen LogP contribution in [0.4, 0.5) is 4.39 Å². The number of nitrogens with one attached hydrogen (secondary N) is 1. The topological polar surface area (TPSA) is 47.3 Å². The Morgan fingerprint density at radius 3 is 2.85 bits per heavy atom. The molecule has 112 valence electrons. The van der Waals surface area contributed by atoms with E-state index in [1.165, 1.54) is 25.0 Å². The average molecular weight is 298 g/mol. The van der Waals surface area contributed by atoms with E-state index in [9.17, 15) is 4.39 Å². The van der Waals surface area contributed by atoms with Crippen LogP contribution >= 0.6 is 11.8 Å². The first kappa shape index (κ1) is 15.8. The normalized spacial score (nSPS) is 20.2. The smallest absolute Gasteiger partial charge is 0.123 e. The molecule has 1 aliphatic heterocycles. The lowest BCUT2D eigenvalue weighted by Crippen LogP contribution is -2.37. The van der Waals surface area contributed by atoms with Gasteiger partial charge < -0.3 is 4.74 Å². The van der Waals surface area contributed by atoms with E-state index in [1.54, 1.807) is 23.9 Å². The predicted octanol–water partition coefficient (Wildman–Crippen LogP) is 3.10. The van der Waals surface area contributed by atoms with Crippen molar-refractivity contribution < 1.29 is 9.13 Å². The molecular formula is C15H23FN2OS. The van der Waals surface area contributed by atoms with E-state index in [1.807, 2.05) is 0 Å². The third kappa shape index (κ3) is 5.40. The van der Waals surface area contributed by atoms with Crippen molar-refractivity contribution in [3.8, 4) is 0 Å². The number of hydrogen-bond acceptors (Lipinski definition) is 4. The van der Waals surface area contributed by atoms with Gasteiger partial charge in [0.15, 0.2) is 0 Å². The quantitative estimate of drug-likeness (QED) is 0.440. The lowest BCUT2D eigenvalue weighted by molar-refractivity contribution is 0.101. The molecule has 5 heteroatoms. The van der Waals surface area contributed by atoms with Gasteiger partial charge in [0.2, 0.25) is 0 Å². The Kier molecular flexibility index (Phi) is 6.79. The Morgan fingerprint density at radius 1 is 1.40 bits per heavy atom. The third-order valence-corrected chi connectivity index (χ3v) is 4.78. The largest absolute Gasteiger partial charge is 0.378 e. The second kappa shape index (κ2) is 8.62. The summed E-state index contributed by atoms with van der Waals surface area (Å²) in [5.74, 6) is 6.30. The van der Waals surface area contributed by atoms with Crippen LogP contribution in [-0.4, -0.2) is 24.5 Å². The highest BCUT2D eigenvalue weighted by Gasteiger charge is 2.16. The van der Waals surface area contributed by atoms with Gasteiger partial charge in [-0.2, -0.15) is 0 Å². The summed E-state index contributed by atoms with van der Waals surface area (Å²) in [7, 11) is 0. The van der Waals surface area contributed by atoms with Crippen molar-refractivity contribution >= 4 is 11.8 Å². The molecule has 2 rings (SSSR count). The van der Waals surface area contributed by atoms with E-state index in [2.05, 4.69) is 5.43 Å². The first-order valence-corrected chi connectivity index (χ1v) is 8.22. The molecular weight excluding hydrogens is 275 g/mol. The minimum Gasteiger partial charge on any atom is -0.378 e. The van der Waals surface area contributed by atoms with Crippen LogP contribution in [0, 0.1) is 5.82 Å². The predicted molar refractivity (Wildman–Crippen MR) is 81.1 cm³/mol. The molecule has 1 fully saturated rings. The van der Waals surface area contributed by atoms with Crippen LogP contribution in [-0.2, 0) is 4.74 Å². The summed E-state index contributed by atoms with van der Waals surface area (Å²) in [4.78, 5) is 1.07. The molecule has 1 aromatic rings. The van der Waals surface area contributed by atoms with Crippen molar-refractivity contribution in [1.82, 2.24) is 5.43 Å². The Labute approximate surface area is 124 Å². The van der Waals surface area contributed by atoms with Crippen LogP contribution < -0.4 is 11.3 Å². The molecule has 20 heavy (non-hydrogen) atoms. The molecule has 3 N–H and O–H groups in total. The summed E-state index contributed by atoms with van der Waals surface area (Å²) in [5.41, 5.74) is 2.87. The minimum absolute atomic E-state index is 0.195. The summed E-state index contributed by atoms with van der Waals surface area (Å²) in [6, 6.07) is 6.88. The molecule has 0 radical (unpaired) electrons. The zero-order chi connectivity index (χ0) is 14.2. The van der Waals surface area contributed by atoms with Gasteiger partial charge in [-0.3, -0.25) is 11.3 Å². The van der Waals surface area contributed by atoms with Gasteiger partial charge in [0.1, 0.15) is 5.82 Å². The summed E-state index contributed by atoms with van der Waals surface area (Å²) in [6.07, 6.45) is 6.15. The molecule has 3 nitrogen and oxygen atoms in total. The van der Waals surface area contributed by atoms with E-state index in [0.717, 1.165) is 36.5 Å². The first-order chi connectivity index (χ1) is 9.78. The number of hydrogen-bond donors (Lipinski definition) is 2. The van der Waals surface area contributed by atoms with Crippen LogP contribution in [0.2, 0.25) is 0 Å². The number of ether oxygens (including phenoxy) is 1. The molecule has 2 unspecified atom stereocenters. The highest BCUT2D eigenvalue weighted by Crippen LogP contribution is 2.22. The van der Waals surface area contributed by atoms with E-state index in [4.69, 9.17) is 10.6 Å². The minimum atomic E-state index is -0.195. The van der Waals surface area contributed by atoms with Gasteiger partial charge in [-0.05, 0) is 56.4 Å². The highest BCUT2D eigenvalue weighted by atomic mass is 32.2. The molecule has 2 atom stereocenters. The van der Waals surface area contributed by atoms with E-state index < -0.39 is 0 Å². The Balaban J connectivity index is 1.64. The fraction of sp³-hybridized carbons (Fsp3) is 0.600. The standard InChI is InChI=1S/C15H23FN2OS/c16-12-6-8-15(9-7-12)20-11-13(18-17)3-1-4-14-5-2-10-19-14/h6-9,13-14,18H,1-5,10-11,17H2. The lowest BCUT2D eigenvalue weighted by atomic mass is 10.1. The van der Waals surface area contributed by atoms with Crippen molar-refractivity contribution in [2.45, 2.75) is 49.1 Å². The van der Waals surface area contributed by atoms with Crippen molar-refractivity contribution in [1.29, 1.82) is 0 Å². The van der Waals surface area contributed by atoms with Crippen molar-refractivity contribution in [3.05, 3.63) is 30.1 Å². The van der Waals surface area contributed by atoms with Gasteiger partial charge in [-0.15, -0.1) is 11.8 Å². The van der Waals surface area contributed by atoms with Gasteiger partial charge in [-0.25, -0.2) is 4.39 Å². The number of hydrazine groups is 1. The van der Waals surface area contributed by atoms with Crippen LogP contribution in [0.25, 0.3) is 0 Å². The fourth-order valence-electron chi connectivity index (χ4n) is 2.41. The number of thioether (sulfide) groups is 1. The number of rotatable bonds is 8. The maximum absolute atomic E-state index is 12.8. The summed E-state index contributed by atoms with van der Waals surface area (Å²) >= 11 is 1.70. The molecule has 1 aliphatic rings. The molecule has 0 saturated carbocycles. The molecule has 0 spiro atoms. The molecule has 0 bridgehead atoms. The van der Waals surface area contributed by atoms with Crippen molar-refractivity contribution in [2.24, 2.45) is 5.84 Å². The van der Waals surface area contributed by atoms with Crippen molar-refractivity contribution in [2.75, 3.05) is 12.4 Å². The SMILES string of the molecule is NNC(CCCC1CCCO1)CSc1ccc(F)cc1. The van der Waals surface area contributed by atoms with E-state index >= 15 is 0 Å². The third-order valence-electron chi connectivity index (χ3n) is 3.60. The van der Waals surface area contributed by atoms with Crippen LogP contribution in [0.3, 0.4) is 0 Å². The molecule has 1 heterocycles. The average Bonchev–Trinajstić information content (AvgIpc) is 2.97. The Morgan fingerprint density at radius 2 is 2.20 bits per heavy atom. The fourth-order valence-corrected chi connectivity index (χ4v) is 3.39. The van der Waals surface area contributed by atoms with Gasteiger partial charge in [0.05, 0.1) is 6.10 Å². The molecule has 0 aromatic heterocycles. The summed E-state index contributed by atoms with van der Waals surface area (Å²) in [6.45, 7) is 0.920. The number of benzene rings is 1. The molecule has 0 aliphatic carbocycles. The monoisotopic (exact) mass is 298 g/mol. The number of halogens is 1. The zero-order valence-corrected chi connectivity index (χ0v) is 12.5. The first-order valence-electron chi connectivity index (χ1n) is 7.24. The van der Waals surface area contributed by atoms with Crippen LogP contribution in [0.5, 0.6) is 0 Å². The van der Waals surface area contributed by atoms with Gasteiger partial charge in [0.25, 0.3) is 0 Å². The highest BCUT2D eigenvalue weighted by molar-refractivity contribution is 7.99.